The Kier molecular flexibility index (Phi) is 4.87. The standard InChI is InChI=1S/C20H23N5O2/c1-25-12-22-17-10-16(14-4-2-13(3-5-14)6-8-21)24-19(18(17)20(25)26)23-15-7-9-27-11-15/h2-5,10,12,15H,6-9,11,21H2,1H3,(H,23,24)/t15-/m1/s1. The van der Waals surface area contributed by atoms with Crippen LogP contribution in [-0.4, -0.2) is 40.3 Å². The molecule has 3 N–H and O–H groups in total. The number of hydrogen-bond acceptors (Lipinski definition) is 6. The predicted molar refractivity (Wildman–Crippen MR) is 106 cm³/mol. The van der Waals surface area contributed by atoms with Gasteiger partial charge in [-0.15, -0.1) is 0 Å². The first kappa shape index (κ1) is 17.6. The minimum atomic E-state index is -0.112. The number of rotatable bonds is 5. The number of nitrogens with one attached hydrogen (secondary N) is 1. The number of nitrogens with zero attached hydrogens (tertiary/aromatic N) is 3. The van der Waals surface area contributed by atoms with E-state index in [2.05, 4.69) is 22.4 Å². The van der Waals surface area contributed by atoms with Crippen molar-refractivity contribution in [3.63, 3.8) is 0 Å². The van der Waals surface area contributed by atoms with E-state index >= 15 is 0 Å². The molecule has 1 aliphatic rings. The van der Waals surface area contributed by atoms with Crippen LogP contribution in [0.5, 0.6) is 0 Å². The molecule has 27 heavy (non-hydrogen) atoms. The summed E-state index contributed by atoms with van der Waals surface area (Å²) in [5.41, 5.74) is 9.10. The zero-order valence-electron chi connectivity index (χ0n) is 15.3. The van der Waals surface area contributed by atoms with Gasteiger partial charge in [-0.3, -0.25) is 4.79 Å². The zero-order valence-corrected chi connectivity index (χ0v) is 15.3. The van der Waals surface area contributed by atoms with E-state index in [1.165, 1.54) is 10.1 Å². The van der Waals surface area contributed by atoms with Crippen LogP contribution in [0.1, 0.15) is 12.0 Å². The summed E-state index contributed by atoms with van der Waals surface area (Å²) >= 11 is 0. The van der Waals surface area contributed by atoms with Crippen LogP contribution in [0, 0.1) is 0 Å². The first-order chi connectivity index (χ1) is 13.2. The van der Waals surface area contributed by atoms with Crippen molar-refractivity contribution in [2.75, 3.05) is 25.1 Å². The number of aryl methyl sites for hydroxylation is 1. The van der Waals surface area contributed by atoms with Crippen LogP contribution >= 0.6 is 0 Å². The highest BCUT2D eigenvalue weighted by Gasteiger charge is 2.19. The van der Waals surface area contributed by atoms with Gasteiger partial charge in [-0.25, -0.2) is 9.97 Å². The van der Waals surface area contributed by atoms with Gasteiger partial charge in [0.25, 0.3) is 5.56 Å². The molecule has 1 aromatic carbocycles. The maximum atomic E-state index is 12.7. The number of aromatic nitrogens is 3. The molecule has 2 aromatic heterocycles. The molecule has 3 aromatic rings. The molecular weight excluding hydrogens is 342 g/mol. The normalized spacial score (nSPS) is 16.7. The topological polar surface area (TPSA) is 95.1 Å². The summed E-state index contributed by atoms with van der Waals surface area (Å²) in [7, 11) is 1.70. The Morgan fingerprint density at radius 3 is 2.85 bits per heavy atom. The van der Waals surface area contributed by atoms with Crippen LogP contribution in [0.15, 0.2) is 41.5 Å². The summed E-state index contributed by atoms with van der Waals surface area (Å²) in [4.78, 5) is 21.9. The SMILES string of the molecule is Cn1cnc2cc(-c3ccc(CCN)cc3)nc(N[C@@H]3CCOC3)c2c1=O. The zero-order chi connectivity index (χ0) is 18.8. The molecule has 0 spiro atoms. The van der Waals surface area contributed by atoms with Crippen molar-refractivity contribution in [1.82, 2.24) is 14.5 Å². The van der Waals surface area contributed by atoms with E-state index in [1.54, 1.807) is 13.4 Å². The van der Waals surface area contributed by atoms with Gasteiger partial charge < -0.3 is 20.4 Å². The van der Waals surface area contributed by atoms with Crippen molar-refractivity contribution >= 4 is 16.7 Å². The number of pyridine rings is 1. The Hall–Kier alpha value is -2.77. The third-order valence-corrected chi connectivity index (χ3v) is 4.86. The van der Waals surface area contributed by atoms with Crippen molar-refractivity contribution in [3.8, 4) is 11.3 Å². The number of fused-ring (bicyclic) bond motifs is 1. The minimum Gasteiger partial charge on any atom is -0.379 e. The predicted octanol–water partition coefficient (Wildman–Crippen LogP) is 1.70. The van der Waals surface area contributed by atoms with E-state index < -0.39 is 0 Å². The molecule has 7 heteroatoms. The molecule has 0 radical (unpaired) electrons. The van der Waals surface area contributed by atoms with Crippen molar-refractivity contribution < 1.29 is 4.74 Å². The Morgan fingerprint density at radius 1 is 1.33 bits per heavy atom. The van der Waals surface area contributed by atoms with E-state index in [1.807, 2.05) is 18.2 Å². The highest BCUT2D eigenvalue weighted by Crippen LogP contribution is 2.26. The van der Waals surface area contributed by atoms with Crippen LogP contribution in [0.2, 0.25) is 0 Å². The minimum absolute atomic E-state index is 0.112. The third-order valence-electron chi connectivity index (χ3n) is 4.86. The fourth-order valence-electron chi connectivity index (χ4n) is 3.32. The monoisotopic (exact) mass is 365 g/mol. The molecule has 0 aliphatic carbocycles. The van der Waals surface area contributed by atoms with Crippen molar-refractivity contribution in [1.29, 1.82) is 0 Å². The maximum absolute atomic E-state index is 12.7. The molecule has 140 valence electrons. The average Bonchev–Trinajstić information content (AvgIpc) is 3.18. The van der Waals surface area contributed by atoms with E-state index in [-0.39, 0.29) is 11.6 Å². The summed E-state index contributed by atoms with van der Waals surface area (Å²) in [5, 5.41) is 3.90. The van der Waals surface area contributed by atoms with Crippen molar-refractivity contribution in [2.45, 2.75) is 18.9 Å². The summed E-state index contributed by atoms with van der Waals surface area (Å²) in [6.45, 7) is 1.95. The lowest BCUT2D eigenvalue weighted by Crippen LogP contribution is -2.24. The van der Waals surface area contributed by atoms with Gasteiger partial charge in [0.2, 0.25) is 0 Å². The van der Waals surface area contributed by atoms with Gasteiger partial charge in [0, 0.05) is 19.2 Å². The maximum Gasteiger partial charge on any atom is 0.264 e. The van der Waals surface area contributed by atoms with E-state index in [4.69, 9.17) is 15.5 Å². The Morgan fingerprint density at radius 2 is 2.15 bits per heavy atom. The molecule has 1 atom stereocenters. The van der Waals surface area contributed by atoms with E-state index in [0.29, 0.717) is 36.5 Å². The van der Waals surface area contributed by atoms with E-state index in [9.17, 15) is 4.79 Å². The quantitative estimate of drug-likeness (QED) is 0.715. The average molecular weight is 365 g/mol. The van der Waals surface area contributed by atoms with Crippen molar-refractivity contribution in [3.05, 3.63) is 52.6 Å². The molecule has 1 fully saturated rings. The first-order valence-electron chi connectivity index (χ1n) is 9.16. The molecule has 3 heterocycles. The molecule has 0 bridgehead atoms. The summed E-state index contributed by atoms with van der Waals surface area (Å²) < 4.78 is 6.92. The fraction of sp³-hybridized carbons (Fsp3) is 0.350. The summed E-state index contributed by atoms with van der Waals surface area (Å²) in [5.74, 6) is 0.567. The van der Waals surface area contributed by atoms with Gasteiger partial charge in [-0.05, 0) is 31.0 Å². The molecular formula is C20H23N5O2. The molecule has 1 aliphatic heterocycles. The Labute approximate surface area is 157 Å². The van der Waals surface area contributed by atoms with Crippen LogP contribution in [0.4, 0.5) is 5.82 Å². The highest BCUT2D eigenvalue weighted by molar-refractivity contribution is 5.91. The second-order valence-corrected chi connectivity index (χ2v) is 6.85. The summed E-state index contributed by atoms with van der Waals surface area (Å²) in [6, 6.07) is 10.2. The van der Waals surface area contributed by atoms with Gasteiger partial charge in [0.1, 0.15) is 11.2 Å². The molecule has 0 amide bonds. The van der Waals surface area contributed by atoms with Gasteiger partial charge in [0.05, 0.1) is 30.2 Å². The molecule has 4 rings (SSSR count). The summed E-state index contributed by atoms with van der Waals surface area (Å²) in [6.07, 6.45) is 3.28. The first-order valence-corrected chi connectivity index (χ1v) is 9.16. The lowest BCUT2D eigenvalue weighted by Gasteiger charge is -2.15. The lowest BCUT2D eigenvalue weighted by molar-refractivity contribution is 0.195. The number of ether oxygens (including phenoxy) is 1. The van der Waals surface area contributed by atoms with Crippen molar-refractivity contribution in [2.24, 2.45) is 12.8 Å². The van der Waals surface area contributed by atoms with Gasteiger partial charge in [-0.1, -0.05) is 24.3 Å². The Balaban J connectivity index is 1.81. The van der Waals surface area contributed by atoms with Gasteiger partial charge in [-0.2, -0.15) is 0 Å². The number of anilines is 1. The van der Waals surface area contributed by atoms with E-state index in [0.717, 1.165) is 24.1 Å². The largest absolute Gasteiger partial charge is 0.379 e. The fourth-order valence-corrected chi connectivity index (χ4v) is 3.32. The number of benzene rings is 1. The smallest absolute Gasteiger partial charge is 0.264 e. The second-order valence-electron chi connectivity index (χ2n) is 6.85. The van der Waals surface area contributed by atoms with Crippen LogP contribution in [-0.2, 0) is 18.2 Å². The third kappa shape index (κ3) is 3.56. The molecule has 0 saturated carbocycles. The van der Waals surface area contributed by atoms with Crippen LogP contribution < -0.4 is 16.6 Å². The molecule has 7 nitrogen and oxygen atoms in total. The van der Waals surface area contributed by atoms with Gasteiger partial charge in [0.15, 0.2) is 0 Å². The van der Waals surface area contributed by atoms with Gasteiger partial charge >= 0.3 is 0 Å². The highest BCUT2D eigenvalue weighted by atomic mass is 16.5. The second kappa shape index (κ2) is 7.46. The number of nitrogens with two attached hydrogens (primary N) is 1. The Bertz CT molecular complexity index is 1010. The lowest BCUT2D eigenvalue weighted by atomic mass is 10.1. The number of hydrogen-bond donors (Lipinski definition) is 2. The molecule has 0 unspecified atom stereocenters. The van der Waals surface area contributed by atoms with Crippen LogP contribution in [0.25, 0.3) is 22.2 Å². The molecule has 1 saturated heterocycles. The van der Waals surface area contributed by atoms with Crippen LogP contribution in [0.3, 0.4) is 0 Å².